The maximum Gasteiger partial charge on any atom is 0.159 e. The van der Waals surface area contributed by atoms with Gasteiger partial charge in [0.15, 0.2) is 23.1 Å². The van der Waals surface area contributed by atoms with Gasteiger partial charge in [0.1, 0.15) is 34.5 Å². The molecule has 0 unspecified atom stereocenters. The predicted octanol–water partition coefficient (Wildman–Crippen LogP) is 35.6. The molecule has 0 atom stereocenters. The zero-order valence-corrected chi connectivity index (χ0v) is 86.5. The summed E-state index contributed by atoms with van der Waals surface area (Å²) in [7, 11) is 0. The van der Waals surface area contributed by atoms with E-state index >= 15 is 0 Å². The van der Waals surface area contributed by atoms with Gasteiger partial charge >= 0.3 is 0 Å². The molecule has 0 heterocycles. The fourth-order valence-corrected chi connectivity index (χ4v) is 26.5. The highest BCUT2D eigenvalue weighted by molar-refractivity contribution is 6.31. The Balaban J connectivity index is 0.000000173. The number of rotatable bonds is 54. The summed E-state index contributed by atoms with van der Waals surface area (Å²) < 4.78 is 36.0. The Kier molecular flexibility index (Phi) is 43.1. The van der Waals surface area contributed by atoms with Gasteiger partial charge < -0.3 is 28.4 Å². The maximum atomic E-state index is 13.8. The molecular formula is C126H184O10. The van der Waals surface area contributed by atoms with Crippen molar-refractivity contribution in [2.75, 3.05) is 39.6 Å². The van der Waals surface area contributed by atoms with E-state index < -0.39 is 21.7 Å². The number of ketones is 4. The standard InChI is InChI=1S/C44H68O2.C42H60O4.C40H56O4/c1-3-5-7-9-11-13-15-33-45-41-21-17-37(18-22-41)39-25-29-43(30-26-39)35-44(36-43)31-27-40(28-32-44)38-19-23-42(24-20-38)46-34-16-14-12-10-8-6-4-2;1-3-5-7-9-11-13-31-45-37-19-15-33(16-20-37)35-23-27-41(28-24-35)39(43)42(40(41)44)29-25-36(26-30-42)34-17-21-38(22-18-34)46-32-14-12-10-8-6-4-2;1-3-5-7-9-11-29-43-35-17-13-31(14-18-35)33-21-25-39(26-22-33)37(41)40(38(39)42)27-23-34(24-28-40)32-15-19-36(20-16-32)44-30-12-10-8-6-4-2/h17-24,39-40H,3-16,25-36H2,1-2H3;15-22,35-36H,3-14,23-32H2,1-2H3;13-20,33-34H,3-12,21-30H2,1-2H3. The van der Waals surface area contributed by atoms with Gasteiger partial charge in [-0.05, 0) is 358 Å². The third-order valence-electron chi connectivity index (χ3n) is 35.1. The largest absolute Gasteiger partial charge is 0.494 e. The van der Waals surface area contributed by atoms with Crippen LogP contribution in [0.5, 0.6) is 34.5 Å². The van der Waals surface area contributed by atoms with Gasteiger partial charge in [0, 0.05) is 0 Å². The van der Waals surface area contributed by atoms with Gasteiger partial charge in [0.05, 0.1) is 61.3 Å². The molecule has 136 heavy (non-hydrogen) atoms. The van der Waals surface area contributed by atoms with Crippen LogP contribution in [-0.2, 0) is 19.2 Å². The average Bonchev–Trinajstić information content (AvgIpc) is 0.688. The lowest BCUT2D eigenvalue weighted by atomic mass is 9.42. The van der Waals surface area contributed by atoms with Crippen molar-refractivity contribution in [3.05, 3.63) is 179 Å². The molecule has 9 fully saturated rings. The minimum atomic E-state index is -0.696. The Morgan fingerprint density at radius 2 is 0.316 bits per heavy atom. The van der Waals surface area contributed by atoms with E-state index in [9.17, 15) is 19.2 Å². The van der Waals surface area contributed by atoms with Crippen molar-refractivity contribution in [1.29, 1.82) is 0 Å². The van der Waals surface area contributed by atoms with E-state index in [4.69, 9.17) is 28.4 Å². The molecule has 6 aromatic carbocycles. The van der Waals surface area contributed by atoms with Crippen LogP contribution in [-0.4, -0.2) is 62.8 Å². The van der Waals surface area contributed by atoms with Crippen LogP contribution < -0.4 is 28.4 Å². The summed E-state index contributed by atoms with van der Waals surface area (Å²) in [4.78, 5) is 55.3. The van der Waals surface area contributed by atoms with Crippen LogP contribution in [0.25, 0.3) is 0 Å². The molecule has 0 aliphatic heterocycles. The quantitative estimate of drug-likeness (QED) is 0.0269. The van der Waals surface area contributed by atoms with Crippen molar-refractivity contribution in [1.82, 2.24) is 0 Å². The lowest BCUT2D eigenvalue weighted by Crippen LogP contribution is -2.68. The maximum absolute atomic E-state index is 13.8. The number of benzene rings is 6. The number of ether oxygens (including phenoxy) is 6. The van der Waals surface area contributed by atoms with Crippen LogP contribution in [0.3, 0.4) is 0 Å². The second-order valence-corrected chi connectivity index (χ2v) is 44.8. The highest BCUT2D eigenvalue weighted by atomic mass is 16.5. The lowest BCUT2D eigenvalue weighted by Gasteiger charge is -2.61. The molecule has 10 nitrogen and oxygen atoms in total. The third-order valence-corrected chi connectivity index (χ3v) is 35.1. The van der Waals surface area contributed by atoms with E-state index in [1.165, 1.54) is 292 Å². The normalized spacial score (nSPS) is 26.1. The van der Waals surface area contributed by atoms with Crippen LogP contribution in [0.15, 0.2) is 146 Å². The van der Waals surface area contributed by atoms with E-state index in [1.807, 2.05) is 0 Å². The monoisotopic (exact) mass is 1860 g/mol. The van der Waals surface area contributed by atoms with Gasteiger partial charge in [0.2, 0.25) is 0 Å². The highest BCUT2D eigenvalue weighted by Gasteiger charge is 2.72. The summed E-state index contributed by atoms with van der Waals surface area (Å²) in [5.74, 6) is 10.2. The van der Waals surface area contributed by atoms with Crippen molar-refractivity contribution in [2.45, 2.75) is 475 Å². The van der Waals surface area contributed by atoms with E-state index in [0.717, 1.165) is 214 Å². The molecule has 0 amide bonds. The third kappa shape index (κ3) is 29.1. The number of carbonyl (C=O) groups excluding carboxylic acids is 4. The fourth-order valence-electron chi connectivity index (χ4n) is 26.5. The predicted molar refractivity (Wildman–Crippen MR) is 563 cm³/mol. The van der Waals surface area contributed by atoms with Crippen molar-refractivity contribution in [2.24, 2.45) is 32.5 Å². The molecular weight excluding hydrogens is 1670 g/mol. The molecule has 0 radical (unpaired) electrons. The second kappa shape index (κ2) is 55.3. The Bertz CT molecular complexity index is 4050. The summed E-state index contributed by atoms with van der Waals surface area (Å²) in [6.07, 6.45) is 73.7. The van der Waals surface area contributed by atoms with Gasteiger partial charge in [-0.15, -0.1) is 0 Å². The SMILES string of the molecule is CCCCCCCCCOc1ccc(C2CCC3(CC2)CC2(CCC(c4ccc(OCCCCCCCCC)cc4)CC2)C3)cc1.CCCCCCCCOc1ccc(C2CCC3(CC2)C(=O)C2(CCC(c4ccc(OCCCCCCCC)cc4)CC2)C3=O)cc1.CCCCCCCOc1ccc(C2CCC3(CC2)C(=O)C2(CCC(c4ccc(OCCCCCCC)cc4)CC2)C3=O)cc1. The van der Waals surface area contributed by atoms with Crippen molar-refractivity contribution in [3.8, 4) is 34.5 Å². The first-order chi connectivity index (χ1) is 66.7. The fraction of sp³-hybridized carbons (Fsp3) is 0.683. The van der Waals surface area contributed by atoms with E-state index in [0.29, 0.717) is 34.5 Å². The zero-order valence-electron chi connectivity index (χ0n) is 86.5. The Labute approximate surface area is 826 Å². The van der Waals surface area contributed by atoms with Crippen LogP contribution in [0.2, 0.25) is 0 Å². The molecule has 0 aromatic heterocycles. The van der Waals surface area contributed by atoms with Gasteiger partial charge in [-0.1, -0.05) is 307 Å². The number of carbonyl (C=O) groups is 4. The molecule has 9 aliphatic rings. The Hall–Kier alpha value is -7.20. The molecule has 9 aliphatic carbocycles. The van der Waals surface area contributed by atoms with Gasteiger partial charge in [-0.2, -0.15) is 0 Å². The number of hydrogen-bond acceptors (Lipinski definition) is 10. The molecule has 6 spiro atoms. The smallest absolute Gasteiger partial charge is 0.159 e. The van der Waals surface area contributed by atoms with Gasteiger partial charge in [-0.3, -0.25) is 19.2 Å². The topological polar surface area (TPSA) is 124 Å². The van der Waals surface area contributed by atoms with Gasteiger partial charge in [0.25, 0.3) is 0 Å². The average molecular weight is 1860 g/mol. The molecule has 10 heteroatoms. The first-order valence-electron chi connectivity index (χ1n) is 57.2. The van der Waals surface area contributed by atoms with Gasteiger partial charge in [-0.25, -0.2) is 0 Å². The van der Waals surface area contributed by atoms with E-state index in [2.05, 4.69) is 187 Å². The Morgan fingerprint density at radius 3 is 0.463 bits per heavy atom. The first-order valence-corrected chi connectivity index (χ1v) is 57.2. The van der Waals surface area contributed by atoms with Crippen LogP contribution in [0.4, 0.5) is 0 Å². The Morgan fingerprint density at radius 1 is 0.184 bits per heavy atom. The number of unbranched alkanes of at least 4 members (excludes halogenated alkanes) is 30. The molecule has 748 valence electrons. The number of hydrogen-bond donors (Lipinski definition) is 0. The molecule has 0 saturated heterocycles. The summed E-state index contributed by atoms with van der Waals surface area (Å²) in [6.45, 7) is 18.4. The molecule has 0 bridgehead atoms. The minimum Gasteiger partial charge on any atom is -0.494 e. The van der Waals surface area contributed by atoms with Crippen LogP contribution in [0.1, 0.15) is 509 Å². The summed E-state index contributed by atoms with van der Waals surface area (Å²) in [5, 5.41) is 0. The summed E-state index contributed by atoms with van der Waals surface area (Å²) in [6, 6.07) is 52.7. The van der Waals surface area contributed by atoms with Crippen molar-refractivity contribution in [3.63, 3.8) is 0 Å². The lowest BCUT2D eigenvalue weighted by molar-refractivity contribution is -0.178. The second-order valence-electron chi connectivity index (χ2n) is 44.8. The van der Waals surface area contributed by atoms with E-state index in [-0.39, 0.29) is 23.1 Å². The minimum absolute atomic E-state index is 0.275. The molecule has 15 rings (SSSR count). The molecule has 6 aromatic rings. The molecule has 9 saturated carbocycles. The summed E-state index contributed by atoms with van der Waals surface area (Å²) >= 11 is 0. The zero-order chi connectivity index (χ0) is 95.0. The number of Topliss-reactive ketones (excluding diaryl/α,β-unsaturated/α-hetero) is 4. The van der Waals surface area contributed by atoms with Crippen molar-refractivity contribution >= 4 is 23.1 Å². The van der Waals surface area contributed by atoms with Crippen LogP contribution in [0, 0.1) is 32.5 Å². The van der Waals surface area contributed by atoms with Crippen molar-refractivity contribution < 1.29 is 47.6 Å². The highest BCUT2D eigenvalue weighted by Crippen LogP contribution is 2.69. The first kappa shape index (κ1) is 106. The van der Waals surface area contributed by atoms with Crippen LogP contribution >= 0.6 is 0 Å². The molecule has 0 N–H and O–H groups in total. The van der Waals surface area contributed by atoms with E-state index in [1.54, 1.807) is 11.1 Å². The summed E-state index contributed by atoms with van der Waals surface area (Å²) in [5.41, 5.74) is 6.89.